The molecule has 21 heavy (non-hydrogen) atoms. The average Bonchev–Trinajstić information content (AvgIpc) is 2.44. The lowest BCUT2D eigenvalue weighted by atomic mass is 10.2. The summed E-state index contributed by atoms with van der Waals surface area (Å²) in [5, 5.41) is 9.31. The van der Waals surface area contributed by atoms with Crippen LogP contribution in [0.3, 0.4) is 0 Å². The van der Waals surface area contributed by atoms with Gasteiger partial charge in [-0.25, -0.2) is 15.3 Å². The fourth-order valence-electron chi connectivity index (χ4n) is 1.41. The first kappa shape index (κ1) is 14.9. The predicted octanol–water partition coefficient (Wildman–Crippen LogP) is -0.0865. The molecule has 0 fully saturated rings. The van der Waals surface area contributed by atoms with E-state index in [1.165, 1.54) is 6.21 Å². The summed E-state index contributed by atoms with van der Waals surface area (Å²) in [6.45, 7) is 0. The summed E-state index contributed by atoms with van der Waals surface area (Å²) in [5.41, 5.74) is 1.55. The van der Waals surface area contributed by atoms with Crippen molar-refractivity contribution in [1.29, 1.82) is 0 Å². The van der Waals surface area contributed by atoms with E-state index in [1.54, 1.807) is 0 Å². The maximum absolute atomic E-state index is 11.6. The van der Waals surface area contributed by atoms with E-state index in [1.807, 2.05) is 34.3 Å². The number of aromatic nitrogens is 3. The Hall–Kier alpha value is -2.55. The number of benzene rings is 1. The van der Waals surface area contributed by atoms with Crippen LogP contribution in [-0.4, -0.2) is 27.3 Å². The quantitative estimate of drug-likeness (QED) is 0.526. The molecule has 0 aliphatic heterocycles. The molecule has 3 N–H and O–H groups in total. The Bertz CT molecular complexity index is 778. The van der Waals surface area contributed by atoms with Gasteiger partial charge in [0.1, 0.15) is 5.69 Å². The Morgan fingerprint density at radius 2 is 2.05 bits per heavy atom. The van der Waals surface area contributed by atoms with Gasteiger partial charge in [0.05, 0.1) is 12.6 Å². The molecular weight excluding hydrogens is 342 g/mol. The summed E-state index contributed by atoms with van der Waals surface area (Å²) < 4.78 is 0.937. The molecule has 2 rings (SSSR count). The number of hydrogen-bond donors (Lipinski definition) is 3. The molecule has 9 heteroatoms. The Kier molecular flexibility index (Phi) is 4.77. The van der Waals surface area contributed by atoms with Crippen molar-refractivity contribution in [2.45, 2.75) is 6.42 Å². The first-order chi connectivity index (χ1) is 10.0. The lowest BCUT2D eigenvalue weighted by molar-refractivity contribution is -0.120. The first-order valence-corrected chi connectivity index (χ1v) is 6.59. The largest absolute Gasteiger partial charge is 0.342 e. The number of carbonyl (C=O) groups excluding carboxylic acids is 1. The molecule has 0 atom stereocenters. The van der Waals surface area contributed by atoms with Gasteiger partial charge in [0.15, 0.2) is 0 Å². The maximum atomic E-state index is 11.6. The van der Waals surface area contributed by atoms with E-state index in [0.717, 1.165) is 10.0 Å². The van der Waals surface area contributed by atoms with Crippen LogP contribution in [0.15, 0.2) is 43.4 Å². The molecule has 108 valence electrons. The third kappa shape index (κ3) is 4.49. The lowest BCUT2D eigenvalue weighted by Gasteiger charge is -1.98. The summed E-state index contributed by atoms with van der Waals surface area (Å²) in [4.78, 5) is 35.7. The van der Waals surface area contributed by atoms with Crippen LogP contribution in [0, 0.1) is 0 Å². The van der Waals surface area contributed by atoms with Crippen molar-refractivity contribution in [3.05, 3.63) is 60.8 Å². The minimum atomic E-state index is -0.725. The van der Waals surface area contributed by atoms with Gasteiger partial charge in [0.25, 0.3) is 5.56 Å². The molecule has 1 heterocycles. The van der Waals surface area contributed by atoms with Crippen molar-refractivity contribution in [1.82, 2.24) is 20.6 Å². The van der Waals surface area contributed by atoms with E-state index in [9.17, 15) is 14.4 Å². The zero-order valence-corrected chi connectivity index (χ0v) is 12.2. The highest BCUT2D eigenvalue weighted by atomic mass is 79.9. The fourth-order valence-corrected chi connectivity index (χ4v) is 1.68. The number of nitrogens with zero attached hydrogens (tertiary/aromatic N) is 2. The molecule has 0 unspecified atom stereocenters. The summed E-state index contributed by atoms with van der Waals surface area (Å²) in [6.07, 6.45) is 1.18. The highest BCUT2D eigenvalue weighted by Gasteiger charge is 2.08. The molecule has 0 aliphatic rings. The van der Waals surface area contributed by atoms with Gasteiger partial charge in [-0.3, -0.25) is 14.6 Å². The Morgan fingerprint density at radius 3 is 2.71 bits per heavy atom. The Balaban J connectivity index is 1.94. The van der Waals surface area contributed by atoms with Gasteiger partial charge in [-0.05, 0) is 17.7 Å². The highest BCUT2D eigenvalue weighted by Crippen LogP contribution is 2.08. The number of rotatable bonds is 4. The number of halogens is 1. The molecule has 0 spiro atoms. The summed E-state index contributed by atoms with van der Waals surface area (Å²) in [6, 6.07) is 7.31. The second kappa shape index (κ2) is 6.75. The highest BCUT2D eigenvalue weighted by molar-refractivity contribution is 9.10. The summed E-state index contributed by atoms with van der Waals surface area (Å²) in [5.74, 6) is -0.520. The van der Waals surface area contributed by atoms with Crippen molar-refractivity contribution in [2.75, 3.05) is 0 Å². The van der Waals surface area contributed by atoms with Crippen molar-refractivity contribution in [3.8, 4) is 0 Å². The monoisotopic (exact) mass is 351 g/mol. The Morgan fingerprint density at radius 1 is 1.33 bits per heavy atom. The second-order valence-electron chi connectivity index (χ2n) is 3.98. The van der Waals surface area contributed by atoms with Crippen LogP contribution in [0.4, 0.5) is 0 Å². The normalized spacial score (nSPS) is 10.7. The first-order valence-electron chi connectivity index (χ1n) is 5.80. The predicted molar refractivity (Wildman–Crippen MR) is 79.1 cm³/mol. The second-order valence-corrected chi connectivity index (χ2v) is 4.89. The van der Waals surface area contributed by atoms with E-state index in [2.05, 4.69) is 31.6 Å². The van der Waals surface area contributed by atoms with Crippen molar-refractivity contribution in [3.63, 3.8) is 0 Å². The topological polar surface area (TPSA) is 120 Å². The van der Waals surface area contributed by atoms with E-state index in [-0.39, 0.29) is 12.1 Å². The molecular formula is C12H10BrN5O3. The third-order valence-corrected chi connectivity index (χ3v) is 2.91. The third-order valence-electron chi connectivity index (χ3n) is 2.38. The van der Waals surface area contributed by atoms with Crippen LogP contribution in [-0.2, 0) is 11.2 Å². The lowest BCUT2D eigenvalue weighted by Crippen LogP contribution is -2.31. The fraction of sp³-hybridized carbons (Fsp3) is 0.0833. The molecule has 1 amide bonds. The van der Waals surface area contributed by atoms with Crippen LogP contribution in [0.5, 0.6) is 0 Å². The van der Waals surface area contributed by atoms with Gasteiger partial charge in [0, 0.05) is 4.47 Å². The summed E-state index contributed by atoms with van der Waals surface area (Å²) >= 11 is 3.31. The minimum Gasteiger partial charge on any atom is -0.273 e. The van der Waals surface area contributed by atoms with Crippen LogP contribution < -0.4 is 16.7 Å². The molecule has 2 aromatic rings. The number of nitrogens with one attached hydrogen (secondary N) is 3. The van der Waals surface area contributed by atoms with E-state index >= 15 is 0 Å². The van der Waals surface area contributed by atoms with E-state index in [0.29, 0.717) is 0 Å². The molecule has 0 radical (unpaired) electrons. The zero-order chi connectivity index (χ0) is 15.2. The zero-order valence-electron chi connectivity index (χ0n) is 10.6. The number of hydrogen-bond acceptors (Lipinski definition) is 5. The van der Waals surface area contributed by atoms with E-state index in [4.69, 9.17) is 0 Å². The van der Waals surface area contributed by atoms with Crippen molar-refractivity contribution >= 4 is 28.1 Å². The molecule has 1 aromatic heterocycles. The Labute approximate surface area is 126 Å². The number of H-pyrrole nitrogens is 2. The molecule has 1 aromatic carbocycles. The van der Waals surface area contributed by atoms with Gasteiger partial charge in [-0.15, -0.1) is 0 Å². The molecule has 0 saturated carbocycles. The molecule has 8 nitrogen and oxygen atoms in total. The van der Waals surface area contributed by atoms with Gasteiger partial charge in [-0.2, -0.15) is 10.2 Å². The van der Waals surface area contributed by atoms with Crippen LogP contribution in [0.2, 0.25) is 0 Å². The van der Waals surface area contributed by atoms with Crippen LogP contribution in [0.1, 0.15) is 11.3 Å². The minimum absolute atomic E-state index is 0.0917. The van der Waals surface area contributed by atoms with Crippen molar-refractivity contribution < 1.29 is 4.79 Å². The maximum Gasteiger partial charge on any atom is 0.342 e. The van der Waals surface area contributed by atoms with Gasteiger partial charge in [-0.1, -0.05) is 28.1 Å². The standard InChI is InChI=1S/C12H10BrN5O3/c13-8-3-1-7(2-4-8)6-14-17-10(19)5-9-11(20)15-12(21)18-16-9/h1-4,6H,5H2,(H,17,19)(H2,15,18,20,21)/b14-6+. The van der Waals surface area contributed by atoms with Gasteiger partial charge < -0.3 is 0 Å². The van der Waals surface area contributed by atoms with Crippen LogP contribution in [0.25, 0.3) is 0 Å². The average molecular weight is 352 g/mol. The summed E-state index contributed by atoms with van der Waals surface area (Å²) in [7, 11) is 0. The number of aromatic amines is 2. The smallest absolute Gasteiger partial charge is 0.273 e. The van der Waals surface area contributed by atoms with Gasteiger partial charge in [0.2, 0.25) is 5.91 Å². The molecule has 0 saturated heterocycles. The van der Waals surface area contributed by atoms with Crippen molar-refractivity contribution in [2.24, 2.45) is 5.10 Å². The molecule has 0 aliphatic carbocycles. The SMILES string of the molecule is O=C(Cc1n[nH]c(=O)[nH]c1=O)N/N=C/c1ccc(Br)cc1. The number of carbonyl (C=O) groups is 1. The van der Waals surface area contributed by atoms with E-state index < -0.39 is 17.2 Å². The van der Waals surface area contributed by atoms with Gasteiger partial charge >= 0.3 is 5.69 Å². The number of hydrazone groups is 1. The van der Waals surface area contributed by atoms with Crippen LogP contribution >= 0.6 is 15.9 Å². The molecule has 0 bridgehead atoms. The number of amides is 1.